The summed E-state index contributed by atoms with van der Waals surface area (Å²) in [5.41, 5.74) is -0.898. The number of carbonyl (C=O) groups excluding carboxylic acids is 1. The van der Waals surface area contributed by atoms with E-state index in [1.165, 1.54) is 16.8 Å². The van der Waals surface area contributed by atoms with E-state index < -0.39 is 28.9 Å². The van der Waals surface area contributed by atoms with Crippen molar-refractivity contribution in [2.75, 3.05) is 6.61 Å². The van der Waals surface area contributed by atoms with Gasteiger partial charge in [0.25, 0.3) is 5.56 Å². The second-order valence-electron chi connectivity index (χ2n) is 7.12. The lowest BCUT2D eigenvalue weighted by atomic mass is 9.78. The zero-order valence-electron chi connectivity index (χ0n) is 15.0. The van der Waals surface area contributed by atoms with Crippen LogP contribution in [0, 0.1) is 11.3 Å². The number of nitrogens with one attached hydrogen (secondary N) is 1. The summed E-state index contributed by atoms with van der Waals surface area (Å²) in [4.78, 5) is 37.8. The number of ether oxygens (including phenoxy) is 2. The van der Waals surface area contributed by atoms with E-state index in [0.717, 1.165) is 0 Å². The van der Waals surface area contributed by atoms with Crippen molar-refractivity contribution in [2.24, 2.45) is 11.3 Å². The number of aromatic nitrogens is 2. The van der Waals surface area contributed by atoms with Crippen molar-refractivity contribution in [2.45, 2.75) is 33.1 Å². The summed E-state index contributed by atoms with van der Waals surface area (Å²) in [5.74, 6) is -0.390. The van der Waals surface area contributed by atoms with Crippen LogP contribution in [0.5, 0.6) is 0 Å². The van der Waals surface area contributed by atoms with Gasteiger partial charge in [0.15, 0.2) is 0 Å². The zero-order chi connectivity index (χ0) is 18.9. The van der Waals surface area contributed by atoms with Crippen LogP contribution in [0.15, 0.2) is 52.2 Å². The average Bonchev–Trinajstić information content (AvgIpc) is 2.84. The number of nitrogens with zero attached hydrogens (tertiary/aromatic N) is 1. The van der Waals surface area contributed by atoms with Gasteiger partial charge >= 0.3 is 11.7 Å². The highest BCUT2D eigenvalue weighted by atomic mass is 16.6. The van der Waals surface area contributed by atoms with Gasteiger partial charge < -0.3 is 9.47 Å². The van der Waals surface area contributed by atoms with Crippen LogP contribution in [-0.4, -0.2) is 28.2 Å². The number of H-pyrrole nitrogens is 1. The first-order chi connectivity index (χ1) is 12.3. The number of carbonyl (C=O) groups is 1. The Hall–Kier alpha value is -2.67. The molecule has 1 aliphatic rings. The fraction of sp³-hybridized carbons (Fsp3) is 0.421. The van der Waals surface area contributed by atoms with Gasteiger partial charge in [0, 0.05) is 17.7 Å². The highest BCUT2D eigenvalue weighted by Gasteiger charge is 2.49. The van der Waals surface area contributed by atoms with Crippen molar-refractivity contribution in [3.8, 4) is 0 Å². The topological polar surface area (TPSA) is 90.4 Å². The van der Waals surface area contributed by atoms with Crippen molar-refractivity contribution in [1.29, 1.82) is 0 Å². The van der Waals surface area contributed by atoms with Crippen molar-refractivity contribution in [3.05, 3.63) is 69.0 Å². The van der Waals surface area contributed by atoms with Crippen LogP contribution in [0.3, 0.4) is 0 Å². The van der Waals surface area contributed by atoms with E-state index in [-0.39, 0.29) is 18.6 Å². The average molecular weight is 358 g/mol. The fourth-order valence-electron chi connectivity index (χ4n) is 3.20. The molecule has 7 nitrogen and oxygen atoms in total. The molecule has 3 rings (SSSR count). The van der Waals surface area contributed by atoms with Gasteiger partial charge in [-0.05, 0) is 18.1 Å². The van der Waals surface area contributed by atoms with Gasteiger partial charge in [0.1, 0.15) is 12.8 Å². The molecule has 0 spiro atoms. The minimum absolute atomic E-state index is 0.0231. The van der Waals surface area contributed by atoms with E-state index in [1.54, 1.807) is 24.3 Å². The first-order valence-electron chi connectivity index (χ1n) is 8.50. The van der Waals surface area contributed by atoms with Crippen LogP contribution >= 0.6 is 0 Å². The molecule has 1 aromatic heterocycles. The standard InChI is InChI=1S/C19H22N2O5/c1-12-14(11-25-16(23)13-7-5-4-6-8-13)26-17(19(12,2)3)21-10-9-15(22)20-18(21)24/h4-10,12,14,17H,11H2,1-3H3,(H,20,22,24). The zero-order valence-corrected chi connectivity index (χ0v) is 15.0. The van der Waals surface area contributed by atoms with Gasteiger partial charge in [-0.1, -0.05) is 39.0 Å². The number of benzene rings is 1. The molecule has 0 saturated carbocycles. The molecule has 1 aliphatic heterocycles. The molecule has 26 heavy (non-hydrogen) atoms. The molecule has 0 aliphatic carbocycles. The quantitative estimate of drug-likeness (QED) is 0.844. The van der Waals surface area contributed by atoms with Crippen LogP contribution in [0.1, 0.15) is 37.4 Å². The minimum Gasteiger partial charge on any atom is -0.459 e. The monoisotopic (exact) mass is 358 g/mol. The Kier molecular flexibility index (Phi) is 4.82. The van der Waals surface area contributed by atoms with E-state index in [9.17, 15) is 14.4 Å². The smallest absolute Gasteiger partial charge is 0.338 e. The van der Waals surface area contributed by atoms with Crippen molar-refractivity contribution in [1.82, 2.24) is 9.55 Å². The van der Waals surface area contributed by atoms with E-state index in [0.29, 0.717) is 5.56 Å². The third kappa shape index (κ3) is 3.35. The molecule has 3 unspecified atom stereocenters. The molecule has 3 atom stereocenters. The maximum absolute atomic E-state index is 12.1. The molecular weight excluding hydrogens is 336 g/mol. The molecule has 1 N–H and O–H groups in total. The van der Waals surface area contributed by atoms with Crippen LogP contribution in [0.25, 0.3) is 0 Å². The Bertz CT molecular complexity index is 900. The first kappa shape index (κ1) is 18.1. The molecule has 0 amide bonds. The predicted molar refractivity (Wildman–Crippen MR) is 94.9 cm³/mol. The molecule has 0 radical (unpaired) electrons. The second kappa shape index (κ2) is 6.92. The SMILES string of the molecule is CC1C(COC(=O)c2ccccc2)OC(n2ccc(=O)[nH]c2=O)C1(C)C. The fourth-order valence-corrected chi connectivity index (χ4v) is 3.20. The summed E-state index contributed by atoms with van der Waals surface area (Å²) in [6, 6.07) is 10.0. The largest absolute Gasteiger partial charge is 0.459 e. The Morgan fingerprint density at radius 2 is 1.92 bits per heavy atom. The van der Waals surface area contributed by atoms with E-state index in [1.807, 2.05) is 26.8 Å². The Morgan fingerprint density at radius 1 is 1.23 bits per heavy atom. The Labute approximate surface area is 150 Å². The number of aromatic amines is 1. The summed E-state index contributed by atoms with van der Waals surface area (Å²) in [6.45, 7) is 6.06. The van der Waals surface area contributed by atoms with E-state index in [4.69, 9.17) is 9.47 Å². The summed E-state index contributed by atoms with van der Waals surface area (Å²) in [7, 11) is 0. The maximum atomic E-state index is 12.1. The van der Waals surface area contributed by atoms with Crippen LogP contribution in [0.4, 0.5) is 0 Å². The van der Waals surface area contributed by atoms with Gasteiger partial charge in [-0.3, -0.25) is 14.3 Å². The molecule has 138 valence electrons. The molecule has 7 heteroatoms. The van der Waals surface area contributed by atoms with Gasteiger partial charge in [0.2, 0.25) is 0 Å². The third-order valence-electron chi connectivity index (χ3n) is 5.16. The van der Waals surface area contributed by atoms with Crippen LogP contribution in [0.2, 0.25) is 0 Å². The number of esters is 1. The van der Waals surface area contributed by atoms with Crippen LogP contribution in [-0.2, 0) is 9.47 Å². The summed E-state index contributed by atoms with van der Waals surface area (Å²) >= 11 is 0. The summed E-state index contributed by atoms with van der Waals surface area (Å²) in [6.07, 6.45) is 0.502. The second-order valence-corrected chi connectivity index (χ2v) is 7.12. The Balaban J connectivity index is 1.75. The predicted octanol–water partition coefficient (Wildman–Crippen LogP) is 1.95. The van der Waals surface area contributed by atoms with Gasteiger partial charge in [-0.25, -0.2) is 9.59 Å². The van der Waals surface area contributed by atoms with E-state index >= 15 is 0 Å². The molecule has 1 aromatic carbocycles. The van der Waals surface area contributed by atoms with Crippen molar-refractivity contribution >= 4 is 5.97 Å². The van der Waals surface area contributed by atoms with E-state index in [2.05, 4.69) is 4.98 Å². The number of hydrogen-bond donors (Lipinski definition) is 1. The molecule has 2 heterocycles. The van der Waals surface area contributed by atoms with Gasteiger partial charge in [-0.2, -0.15) is 0 Å². The molecule has 1 saturated heterocycles. The third-order valence-corrected chi connectivity index (χ3v) is 5.16. The van der Waals surface area contributed by atoms with Crippen molar-refractivity contribution < 1.29 is 14.3 Å². The maximum Gasteiger partial charge on any atom is 0.338 e. The number of rotatable bonds is 4. The highest BCUT2D eigenvalue weighted by molar-refractivity contribution is 5.89. The van der Waals surface area contributed by atoms with Gasteiger partial charge in [-0.15, -0.1) is 0 Å². The lowest BCUT2D eigenvalue weighted by molar-refractivity contribution is -0.0551. The lowest BCUT2D eigenvalue weighted by Gasteiger charge is -2.29. The van der Waals surface area contributed by atoms with Gasteiger partial charge in [0.05, 0.1) is 11.7 Å². The normalized spacial score (nSPS) is 24.3. The molecule has 0 bridgehead atoms. The molecule has 1 fully saturated rings. The van der Waals surface area contributed by atoms with Crippen molar-refractivity contribution in [3.63, 3.8) is 0 Å². The summed E-state index contributed by atoms with van der Waals surface area (Å²) < 4.78 is 12.8. The Morgan fingerprint density at radius 3 is 2.58 bits per heavy atom. The number of hydrogen-bond acceptors (Lipinski definition) is 5. The molecule has 2 aromatic rings. The molecular formula is C19H22N2O5. The minimum atomic E-state index is -0.567. The van der Waals surface area contributed by atoms with Crippen LogP contribution < -0.4 is 11.2 Å². The highest BCUT2D eigenvalue weighted by Crippen LogP contribution is 2.48. The lowest BCUT2D eigenvalue weighted by Crippen LogP contribution is -2.37. The first-order valence-corrected chi connectivity index (χ1v) is 8.50. The summed E-state index contributed by atoms with van der Waals surface area (Å²) in [5, 5.41) is 0.